The summed E-state index contributed by atoms with van der Waals surface area (Å²) in [5, 5.41) is 7.47. The Hall–Kier alpha value is -3.26. The number of fused-ring (bicyclic) bond motifs is 1. The number of likely N-dealkylation sites (tertiary alicyclic amines) is 1. The van der Waals surface area contributed by atoms with Crippen LogP contribution in [0.15, 0.2) is 47.0 Å². The van der Waals surface area contributed by atoms with Crippen molar-refractivity contribution in [1.29, 1.82) is 0 Å². The number of amides is 2. The molecule has 0 unspecified atom stereocenters. The van der Waals surface area contributed by atoms with Crippen molar-refractivity contribution in [2.75, 3.05) is 25.2 Å². The highest BCUT2D eigenvalue weighted by atomic mass is 35.5. The lowest BCUT2D eigenvalue weighted by molar-refractivity contribution is 0.147. The fraction of sp³-hybridized carbons (Fsp3) is 0.211. The van der Waals surface area contributed by atoms with Crippen molar-refractivity contribution in [3.63, 3.8) is 0 Å². The predicted octanol–water partition coefficient (Wildman–Crippen LogP) is 3.75. The van der Waals surface area contributed by atoms with Crippen LogP contribution in [0.4, 0.5) is 10.5 Å². The highest BCUT2D eigenvalue weighted by Crippen LogP contribution is 2.35. The van der Waals surface area contributed by atoms with Crippen molar-refractivity contribution >= 4 is 23.3 Å². The quantitative estimate of drug-likeness (QED) is 0.722. The molecule has 0 spiro atoms. The van der Waals surface area contributed by atoms with E-state index in [1.165, 1.54) is 0 Å². The number of anilines is 1. The number of rotatable bonds is 3. The summed E-state index contributed by atoms with van der Waals surface area (Å²) in [4.78, 5) is 18.5. The van der Waals surface area contributed by atoms with Crippen LogP contribution in [0.5, 0.6) is 11.5 Å². The van der Waals surface area contributed by atoms with Gasteiger partial charge in [0.05, 0.1) is 5.92 Å². The summed E-state index contributed by atoms with van der Waals surface area (Å²) in [7, 11) is 0. The van der Waals surface area contributed by atoms with Gasteiger partial charge < -0.3 is 24.2 Å². The molecular formula is C19H15ClN4O4. The van der Waals surface area contributed by atoms with Gasteiger partial charge in [-0.3, -0.25) is 0 Å². The van der Waals surface area contributed by atoms with Gasteiger partial charge in [-0.1, -0.05) is 28.9 Å². The number of hydrogen-bond donors (Lipinski definition) is 1. The van der Waals surface area contributed by atoms with Crippen molar-refractivity contribution < 1.29 is 18.8 Å². The van der Waals surface area contributed by atoms with Crippen LogP contribution in [0.1, 0.15) is 11.8 Å². The van der Waals surface area contributed by atoms with E-state index in [1.54, 1.807) is 35.2 Å². The molecule has 3 heterocycles. The number of carbonyl (C=O) groups excluding carboxylic acids is 1. The molecule has 1 fully saturated rings. The average Bonchev–Trinajstić information content (AvgIpc) is 3.29. The molecule has 0 saturated carbocycles. The van der Waals surface area contributed by atoms with Gasteiger partial charge in [0.2, 0.25) is 18.5 Å². The Balaban J connectivity index is 1.20. The first kappa shape index (κ1) is 16.9. The zero-order valence-corrected chi connectivity index (χ0v) is 15.3. The number of urea groups is 1. The maximum absolute atomic E-state index is 12.4. The van der Waals surface area contributed by atoms with E-state index in [-0.39, 0.29) is 18.7 Å². The summed E-state index contributed by atoms with van der Waals surface area (Å²) in [6.07, 6.45) is 0. The first-order valence-electron chi connectivity index (χ1n) is 8.71. The smallest absolute Gasteiger partial charge is 0.321 e. The van der Waals surface area contributed by atoms with Crippen molar-refractivity contribution in [1.82, 2.24) is 15.0 Å². The Morgan fingerprint density at radius 1 is 1.14 bits per heavy atom. The second-order valence-corrected chi connectivity index (χ2v) is 7.00. The zero-order valence-electron chi connectivity index (χ0n) is 14.6. The molecule has 28 heavy (non-hydrogen) atoms. The van der Waals surface area contributed by atoms with Crippen LogP contribution in [0.25, 0.3) is 11.4 Å². The molecule has 0 radical (unpaired) electrons. The highest BCUT2D eigenvalue weighted by molar-refractivity contribution is 6.30. The van der Waals surface area contributed by atoms with Gasteiger partial charge in [-0.25, -0.2) is 4.79 Å². The molecule has 0 atom stereocenters. The molecule has 1 N–H and O–H groups in total. The molecule has 3 aromatic rings. The summed E-state index contributed by atoms with van der Waals surface area (Å²) in [5.74, 6) is 2.32. The predicted molar refractivity (Wildman–Crippen MR) is 101 cm³/mol. The normalized spacial score (nSPS) is 15.4. The summed E-state index contributed by atoms with van der Waals surface area (Å²) < 4.78 is 16.0. The number of halogens is 1. The van der Waals surface area contributed by atoms with Crippen LogP contribution in [-0.4, -0.2) is 41.0 Å². The van der Waals surface area contributed by atoms with E-state index < -0.39 is 0 Å². The highest BCUT2D eigenvalue weighted by Gasteiger charge is 2.36. The molecule has 1 aromatic heterocycles. The molecular weight excluding hydrogens is 384 g/mol. The van der Waals surface area contributed by atoms with E-state index in [4.69, 9.17) is 25.6 Å². The largest absolute Gasteiger partial charge is 0.454 e. The molecule has 8 nitrogen and oxygen atoms in total. The molecule has 0 bridgehead atoms. The number of aromatic nitrogens is 2. The van der Waals surface area contributed by atoms with Gasteiger partial charge in [0, 0.05) is 35.4 Å². The number of benzene rings is 2. The van der Waals surface area contributed by atoms with Gasteiger partial charge in [-0.05, 0) is 24.3 Å². The van der Waals surface area contributed by atoms with E-state index in [0.717, 1.165) is 5.56 Å². The maximum Gasteiger partial charge on any atom is 0.321 e. The monoisotopic (exact) mass is 398 g/mol. The Morgan fingerprint density at radius 3 is 2.86 bits per heavy atom. The number of nitrogens with one attached hydrogen (secondary N) is 1. The molecule has 2 aliphatic rings. The van der Waals surface area contributed by atoms with Gasteiger partial charge in [0.1, 0.15) is 0 Å². The van der Waals surface area contributed by atoms with Crippen LogP contribution in [-0.2, 0) is 0 Å². The third-order valence-electron chi connectivity index (χ3n) is 4.67. The van der Waals surface area contributed by atoms with Crippen LogP contribution in [0, 0.1) is 0 Å². The summed E-state index contributed by atoms with van der Waals surface area (Å²) in [5.41, 5.74) is 1.44. The summed E-state index contributed by atoms with van der Waals surface area (Å²) >= 11 is 6.00. The third kappa shape index (κ3) is 3.11. The van der Waals surface area contributed by atoms with E-state index in [2.05, 4.69) is 15.5 Å². The number of hydrogen-bond acceptors (Lipinski definition) is 6. The lowest BCUT2D eigenvalue weighted by Gasteiger charge is -2.36. The fourth-order valence-corrected chi connectivity index (χ4v) is 3.31. The van der Waals surface area contributed by atoms with Gasteiger partial charge in [-0.2, -0.15) is 4.98 Å². The van der Waals surface area contributed by atoms with E-state index in [1.807, 2.05) is 12.1 Å². The molecule has 0 aliphatic carbocycles. The molecule has 5 rings (SSSR count). The van der Waals surface area contributed by atoms with Gasteiger partial charge in [-0.15, -0.1) is 0 Å². The second kappa shape index (κ2) is 6.72. The minimum atomic E-state index is -0.190. The first-order valence-corrected chi connectivity index (χ1v) is 9.08. The molecule has 2 aliphatic heterocycles. The van der Waals surface area contributed by atoms with Crippen LogP contribution >= 0.6 is 11.6 Å². The fourth-order valence-electron chi connectivity index (χ4n) is 3.12. The molecule has 1 saturated heterocycles. The standard InChI is InChI=1S/C19H15ClN4O4/c20-13-3-1-2-11(6-13)17-22-18(28-23-17)12-8-24(9-12)19(25)21-14-4-5-15-16(7-14)27-10-26-15/h1-7,12H,8-10H2,(H,21,25). The Labute approximate surface area is 165 Å². The number of nitrogens with zero attached hydrogens (tertiary/aromatic N) is 3. The Bertz CT molecular complexity index is 1050. The summed E-state index contributed by atoms with van der Waals surface area (Å²) in [6.45, 7) is 1.21. The first-order chi connectivity index (χ1) is 13.7. The zero-order chi connectivity index (χ0) is 19.1. The topological polar surface area (TPSA) is 89.7 Å². The Kier molecular flexibility index (Phi) is 4.05. The maximum atomic E-state index is 12.4. The van der Waals surface area contributed by atoms with Crippen molar-refractivity contribution in [3.05, 3.63) is 53.4 Å². The molecule has 142 valence electrons. The average molecular weight is 399 g/mol. The van der Waals surface area contributed by atoms with Gasteiger partial charge >= 0.3 is 6.03 Å². The minimum absolute atomic E-state index is 0.0166. The minimum Gasteiger partial charge on any atom is -0.454 e. The van der Waals surface area contributed by atoms with E-state index in [9.17, 15) is 4.79 Å². The SMILES string of the molecule is O=C(Nc1ccc2c(c1)OCO2)N1CC(c2nc(-c3cccc(Cl)c3)no2)C1. The second-order valence-electron chi connectivity index (χ2n) is 6.57. The summed E-state index contributed by atoms with van der Waals surface area (Å²) in [6, 6.07) is 12.4. The van der Waals surface area contributed by atoms with Crippen molar-refractivity contribution in [2.24, 2.45) is 0 Å². The lowest BCUT2D eigenvalue weighted by Crippen LogP contribution is -2.50. The van der Waals surface area contributed by atoms with E-state index >= 15 is 0 Å². The van der Waals surface area contributed by atoms with Gasteiger partial charge in [0.15, 0.2) is 11.5 Å². The Morgan fingerprint density at radius 2 is 2.00 bits per heavy atom. The van der Waals surface area contributed by atoms with E-state index in [0.29, 0.717) is 47.0 Å². The molecule has 2 amide bonds. The van der Waals surface area contributed by atoms with Crippen LogP contribution in [0.3, 0.4) is 0 Å². The lowest BCUT2D eigenvalue weighted by atomic mass is 10.0. The molecule has 9 heteroatoms. The number of carbonyl (C=O) groups is 1. The number of ether oxygens (including phenoxy) is 2. The van der Waals surface area contributed by atoms with Crippen molar-refractivity contribution in [3.8, 4) is 22.9 Å². The molecule has 2 aromatic carbocycles. The van der Waals surface area contributed by atoms with Crippen LogP contribution < -0.4 is 14.8 Å². The van der Waals surface area contributed by atoms with Crippen LogP contribution in [0.2, 0.25) is 5.02 Å². The van der Waals surface area contributed by atoms with Gasteiger partial charge in [0.25, 0.3) is 0 Å². The van der Waals surface area contributed by atoms with Crippen molar-refractivity contribution in [2.45, 2.75) is 5.92 Å². The third-order valence-corrected chi connectivity index (χ3v) is 4.90.